The van der Waals surface area contributed by atoms with E-state index < -0.39 is 23.1 Å². The van der Waals surface area contributed by atoms with Crippen molar-refractivity contribution in [3.8, 4) is 0 Å². The van der Waals surface area contributed by atoms with Crippen LogP contribution in [0.3, 0.4) is 0 Å². The summed E-state index contributed by atoms with van der Waals surface area (Å²) in [6, 6.07) is 9.30. The Morgan fingerprint density at radius 1 is 1.03 bits per heavy atom. The number of hydrogen-bond donors (Lipinski definition) is 2. The molecule has 30 heavy (non-hydrogen) atoms. The summed E-state index contributed by atoms with van der Waals surface area (Å²) in [6.07, 6.45) is 9.46. The number of Topliss-reactive ketones (excluding diaryl/α,β-unsaturated/α-hetero) is 1. The zero-order valence-electron chi connectivity index (χ0n) is 17.7. The fraction of sp³-hybridized carbons (Fsp3) is 0.360. The van der Waals surface area contributed by atoms with Crippen LogP contribution in [0, 0.1) is 11.8 Å². The number of aliphatic carboxylic acids is 1. The van der Waals surface area contributed by atoms with Crippen LogP contribution in [0.5, 0.6) is 0 Å². The molecule has 0 aromatic heterocycles. The Morgan fingerprint density at radius 3 is 2.23 bits per heavy atom. The minimum Gasteiger partial charge on any atom is -0.478 e. The predicted octanol–water partition coefficient (Wildman–Crippen LogP) is 3.96. The fourth-order valence-corrected chi connectivity index (χ4v) is 4.09. The van der Waals surface area contributed by atoms with Gasteiger partial charge in [0.05, 0.1) is 23.2 Å². The number of carboxylic acid groups (broad SMARTS) is 1. The quantitative estimate of drug-likeness (QED) is 0.744. The molecule has 1 aromatic carbocycles. The number of ether oxygens (including phenoxy) is 1. The van der Waals surface area contributed by atoms with Gasteiger partial charge in [-0.3, -0.25) is 4.79 Å². The highest BCUT2D eigenvalue weighted by atomic mass is 16.5. The van der Waals surface area contributed by atoms with Gasteiger partial charge in [-0.25, -0.2) is 4.79 Å². The second-order valence-corrected chi connectivity index (χ2v) is 8.39. The Kier molecular flexibility index (Phi) is 5.97. The van der Waals surface area contributed by atoms with Gasteiger partial charge in [-0.1, -0.05) is 61.6 Å². The van der Waals surface area contributed by atoms with Gasteiger partial charge in [0.15, 0.2) is 5.78 Å². The minimum atomic E-state index is -1.21. The third kappa shape index (κ3) is 4.09. The average molecular weight is 408 g/mol. The molecule has 2 aliphatic carbocycles. The third-order valence-electron chi connectivity index (χ3n) is 5.74. The van der Waals surface area contributed by atoms with Gasteiger partial charge in [-0.2, -0.15) is 0 Å². The summed E-state index contributed by atoms with van der Waals surface area (Å²) in [5.41, 5.74) is -0.930. The number of ketones is 1. The molecule has 0 spiro atoms. The van der Waals surface area contributed by atoms with E-state index >= 15 is 0 Å². The van der Waals surface area contributed by atoms with Crippen LogP contribution in [0.25, 0.3) is 0 Å². The molecule has 3 rings (SSSR count). The van der Waals surface area contributed by atoms with Crippen molar-refractivity contribution in [2.75, 3.05) is 0 Å². The van der Waals surface area contributed by atoms with Crippen molar-refractivity contribution < 1.29 is 24.5 Å². The van der Waals surface area contributed by atoms with Crippen LogP contribution in [-0.4, -0.2) is 33.7 Å². The molecule has 0 saturated heterocycles. The maximum Gasteiger partial charge on any atom is 0.335 e. The summed E-state index contributed by atoms with van der Waals surface area (Å²) < 4.78 is 6.02. The smallest absolute Gasteiger partial charge is 0.335 e. The fourth-order valence-electron chi connectivity index (χ4n) is 4.09. The largest absolute Gasteiger partial charge is 0.478 e. The minimum absolute atomic E-state index is 0.0624. The molecule has 0 fully saturated rings. The molecular formula is C25H28O5. The molecule has 0 aliphatic heterocycles. The van der Waals surface area contributed by atoms with Crippen LogP contribution in [0.4, 0.5) is 0 Å². The van der Waals surface area contributed by atoms with Crippen molar-refractivity contribution in [3.05, 3.63) is 83.5 Å². The highest BCUT2D eigenvalue weighted by molar-refractivity contribution is 6.03. The topological polar surface area (TPSA) is 83.8 Å². The molecule has 5 nitrogen and oxygen atoms in total. The van der Waals surface area contributed by atoms with Gasteiger partial charge in [0, 0.05) is 11.5 Å². The first-order chi connectivity index (χ1) is 14.1. The number of allylic oxidation sites excluding steroid dienone is 2. The Labute approximate surface area is 177 Å². The maximum absolute atomic E-state index is 13.5. The third-order valence-corrected chi connectivity index (χ3v) is 5.74. The van der Waals surface area contributed by atoms with Gasteiger partial charge in [0.25, 0.3) is 0 Å². The summed E-state index contributed by atoms with van der Waals surface area (Å²) in [6.45, 7) is 7.39. The monoisotopic (exact) mass is 408 g/mol. The first-order valence-electron chi connectivity index (χ1n) is 10.1. The number of carbonyl (C=O) groups excluding carboxylic acids is 1. The van der Waals surface area contributed by atoms with Gasteiger partial charge < -0.3 is 14.9 Å². The number of hydrogen-bond acceptors (Lipinski definition) is 4. The summed E-state index contributed by atoms with van der Waals surface area (Å²) >= 11 is 0. The van der Waals surface area contributed by atoms with Crippen LogP contribution in [0.15, 0.2) is 77.9 Å². The average Bonchev–Trinajstić information content (AvgIpc) is 2.69. The SMILES string of the molecule is CC(C)OC1(C)C=CC(C(=O)O)=CC1C(=O)C1=CC(C)C(O)(c2ccccc2)C=C1. The molecule has 2 aliphatic rings. The maximum atomic E-state index is 13.5. The highest BCUT2D eigenvalue weighted by Crippen LogP contribution is 2.39. The van der Waals surface area contributed by atoms with Crippen LogP contribution < -0.4 is 0 Å². The van der Waals surface area contributed by atoms with Gasteiger partial charge in [-0.05, 0) is 38.5 Å². The van der Waals surface area contributed by atoms with Crippen molar-refractivity contribution in [1.29, 1.82) is 0 Å². The van der Waals surface area contributed by atoms with E-state index in [0.29, 0.717) is 5.57 Å². The molecule has 1 aromatic rings. The van der Waals surface area contributed by atoms with Crippen LogP contribution in [-0.2, 0) is 19.9 Å². The number of rotatable bonds is 6. The van der Waals surface area contributed by atoms with Gasteiger partial charge >= 0.3 is 5.97 Å². The summed E-state index contributed by atoms with van der Waals surface area (Å²) in [5.74, 6) is -2.46. The van der Waals surface area contributed by atoms with E-state index in [1.54, 1.807) is 31.2 Å². The highest BCUT2D eigenvalue weighted by Gasteiger charge is 2.42. The molecule has 2 N–H and O–H groups in total. The molecule has 4 atom stereocenters. The molecule has 0 heterocycles. The summed E-state index contributed by atoms with van der Waals surface area (Å²) in [5, 5.41) is 20.6. The van der Waals surface area contributed by atoms with Gasteiger partial charge in [0.1, 0.15) is 5.60 Å². The van der Waals surface area contributed by atoms with Crippen molar-refractivity contribution in [1.82, 2.24) is 0 Å². The van der Waals surface area contributed by atoms with Crippen LogP contribution in [0.1, 0.15) is 33.3 Å². The number of carbonyl (C=O) groups is 2. The first kappa shape index (κ1) is 21.9. The first-order valence-corrected chi connectivity index (χ1v) is 10.1. The van der Waals surface area contributed by atoms with Gasteiger partial charge in [-0.15, -0.1) is 0 Å². The van der Waals surface area contributed by atoms with Crippen molar-refractivity contribution in [2.45, 2.75) is 45.0 Å². The Hall–Kier alpha value is -2.76. The predicted molar refractivity (Wildman–Crippen MR) is 115 cm³/mol. The standard InChI is InChI=1S/C25H28O5/c1-16(2)30-24(4)12-10-19(23(27)28)15-21(24)22(26)18-11-13-25(29,17(3)14-18)20-8-6-5-7-9-20/h5-17,21,29H,1-4H3,(H,27,28). The summed E-state index contributed by atoms with van der Waals surface area (Å²) in [4.78, 5) is 25.0. The van der Waals surface area contributed by atoms with Crippen molar-refractivity contribution >= 4 is 11.8 Å². The lowest BCUT2D eigenvalue weighted by Gasteiger charge is -2.38. The Balaban J connectivity index is 1.94. The number of carboxylic acids is 1. The molecule has 4 unspecified atom stereocenters. The Morgan fingerprint density at radius 2 is 1.67 bits per heavy atom. The van der Waals surface area contributed by atoms with E-state index in [9.17, 15) is 19.8 Å². The lowest BCUT2D eigenvalue weighted by Crippen LogP contribution is -2.44. The van der Waals surface area contributed by atoms with Gasteiger partial charge in [0.2, 0.25) is 0 Å². The molecule has 158 valence electrons. The molecule has 0 saturated carbocycles. The zero-order valence-corrected chi connectivity index (χ0v) is 17.7. The van der Waals surface area contributed by atoms with Crippen LogP contribution in [0.2, 0.25) is 0 Å². The molecule has 0 amide bonds. The zero-order chi connectivity index (χ0) is 22.1. The van der Waals surface area contributed by atoms with Crippen molar-refractivity contribution in [2.24, 2.45) is 11.8 Å². The van der Waals surface area contributed by atoms with E-state index in [2.05, 4.69) is 0 Å². The Bertz CT molecular complexity index is 953. The van der Waals surface area contributed by atoms with Crippen LogP contribution >= 0.6 is 0 Å². The molecule has 0 radical (unpaired) electrons. The molecule has 5 heteroatoms. The van der Waals surface area contributed by atoms with E-state index in [1.165, 1.54) is 12.2 Å². The van der Waals surface area contributed by atoms with E-state index in [4.69, 9.17) is 4.74 Å². The lowest BCUT2D eigenvalue weighted by atomic mass is 9.73. The molecular weight excluding hydrogens is 380 g/mol. The summed E-state index contributed by atoms with van der Waals surface area (Å²) in [7, 11) is 0. The normalized spacial score (nSPS) is 30.7. The second-order valence-electron chi connectivity index (χ2n) is 8.39. The molecule has 0 bridgehead atoms. The van der Waals surface area contributed by atoms with E-state index in [1.807, 2.05) is 51.1 Å². The number of benzene rings is 1. The van der Waals surface area contributed by atoms with E-state index in [0.717, 1.165) is 5.56 Å². The van der Waals surface area contributed by atoms with E-state index in [-0.39, 0.29) is 23.4 Å². The second kappa shape index (κ2) is 8.17. The number of aliphatic hydroxyl groups is 1. The van der Waals surface area contributed by atoms with Crippen molar-refractivity contribution in [3.63, 3.8) is 0 Å². The lowest BCUT2D eigenvalue weighted by molar-refractivity contribution is -0.132.